The van der Waals surface area contributed by atoms with Gasteiger partial charge < -0.3 is 10.2 Å². The largest absolute Gasteiger partial charge is 0.412 e. The molecule has 0 heterocycles. The number of carbonyl (C=O) groups excluding carboxylic acids is 2. The van der Waals surface area contributed by atoms with E-state index in [-0.39, 0.29) is 5.48 Å². The molecule has 0 aliphatic heterocycles. The molecular weight excluding hydrogens is 271 g/mol. The van der Waals surface area contributed by atoms with Crippen LogP contribution in [0.15, 0.2) is 24.3 Å². The smallest absolute Gasteiger partial charge is 0.412 e. The predicted molar refractivity (Wildman–Crippen MR) is 78.5 cm³/mol. The van der Waals surface area contributed by atoms with E-state index in [1.807, 2.05) is 5.43 Å². The number of hydrazine groups is 1. The van der Waals surface area contributed by atoms with Crippen LogP contribution >= 0.6 is 0 Å². The molecule has 0 atom stereocenters. The van der Waals surface area contributed by atoms with Gasteiger partial charge in [0.05, 0.1) is 12.7 Å². The Balaban J connectivity index is 0. The van der Waals surface area contributed by atoms with E-state index in [9.17, 15) is 9.59 Å². The second kappa shape index (κ2) is 9.90. The number of carbonyl (C=O) groups is 2. The van der Waals surface area contributed by atoms with Crippen LogP contribution in [-0.2, 0) is 4.74 Å². The summed E-state index contributed by atoms with van der Waals surface area (Å²) in [5.74, 6) is 4.10. The molecule has 7 heteroatoms. The quantitative estimate of drug-likeness (QED) is 0.273. The van der Waals surface area contributed by atoms with Gasteiger partial charge in [-0.2, -0.15) is 0 Å². The van der Waals surface area contributed by atoms with E-state index in [0.29, 0.717) is 13.8 Å². The number of nitrogen functional groups attached to an aromatic ring is 1. The number of ether oxygens (including phenoxy) is 1. The van der Waals surface area contributed by atoms with Crippen LogP contribution in [0.3, 0.4) is 0 Å². The molecule has 1 aromatic carbocycles. The monoisotopic (exact) mass is 292 g/mol. The van der Waals surface area contributed by atoms with E-state index in [0.717, 1.165) is 0 Å². The van der Waals surface area contributed by atoms with Crippen LogP contribution < -0.4 is 11.3 Å². The summed E-state index contributed by atoms with van der Waals surface area (Å²) < 4.78 is 5.14. The molecule has 5 N–H and O–H groups in total. The molecule has 6 nitrogen and oxygen atoms in total. The van der Waals surface area contributed by atoms with Crippen molar-refractivity contribution in [2.24, 2.45) is 5.84 Å². The van der Waals surface area contributed by atoms with Crippen molar-refractivity contribution in [1.29, 1.82) is 0 Å². The fourth-order valence-corrected chi connectivity index (χ4v) is 0.959. The van der Waals surface area contributed by atoms with E-state index in [1.54, 1.807) is 0 Å². The average molecular weight is 292 g/mol. The van der Waals surface area contributed by atoms with E-state index >= 15 is 0 Å². The second-order valence-electron chi connectivity index (χ2n) is 5.54. The van der Waals surface area contributed by atoms with Crippen LogP contribution in [0, 0.1) is 0 Å². The molecule has 0 bridgehead atoms. The van der Waals surface area contributed by atoms with Gasteiger partial charge in [-0.3, -0.25) is 10.2 Å². The minimum Gasteiger partial charge on any atom is -0.412 e. The number of amides is 1. The molecular formula is C13H21N2NaO4. The zero-order valence-corrected chi connectivity index (χ0v) is 14.6. The van der Waals surface area contributed by atoms with Crippen LogP contribution in [0.1, 0.15) is 41.5 Å². The molecule has 1 amide bonds. The van der Waals surface area contributed by atoms with Crippen LogP contribution in [0.2, 0.25) is 2.66 Å². The fraction of sp³-hybridized carbons (Fsp3) is 0.385. The van der Waals surface area contributed by atoms with Crippen molar-refractivity contribution < 1.29 is 19.8 Å². The maximum absolute atomic E-state index is 11.0. The first-order valence-corrected chi connectivity index (χ1v) is 6.88. The first-order chi connectivity index (χ1) is 8.69. The fourth-order valence-electron chi connectivity index (χ4n) is 0.959. The summed E-state index contributed by atoms with van der Waals surface area (Å²) in [6.07, 6.45) is 0. The van der Waals surface area contributed by atoms with Crippen molar-refractivity contribution in [2.75, 3.05) is 7.11 Å². The van der Waals surface area contributed by atoms with Gasteiger partial charge in [-0.15, -0.1) is 0 Å². The van der Waals surface area contributed by atoms with Crippen LogP contribution in [0.25, 0.3) is 0 Å². The summed E-state index contributed by atoms with van der Waals surface area (Å²) in [6.45, 7) is 6.75. The van der Waals surface area contributed by atoms with Crippen LogP contribution in [-0.4, -0.2) is 52.4 Å². The summed E-state index contributed by atoms with van der Waals surface area (Å²) in [6, 6.07) is 5.98. The third-order valence-corrected chi connectivity index (χ3v) is 1.70. The molecule has 0 aromatic heterocycles. The molecule has 0 fully saturated rings. The molecule has 0 radical (unpaired) electrons. The normalized spacial score (nSPS) is 9.55. The third-order valence-electron chi connectivity index (χ3n) is 1.70. The Bertz CT molecular complexity index is 386. The van der Waals surface area contributed by atoms with Crippen molar-refractivity contribution in [3.8, 4) is 0 Å². The standard InChI is InChI=1S/C9H10N2O3.C4H9.Na.H2O/c1-14-9(13)7-4-2-6(3-5-7)8(12)11-10;1-4(2)3;;/h2-5H,10H2,1H3,(H,11,12);1-3H3;;1H2. The number of hydrogen-bond donors (Lipinski definition) is 2. The molecule has 0 unspecified atom stereocenters. The summed E-state index contributed by atoms with van der Waals surface area (Å²) >= 11 is 1.31. The van der Waals surface area contributed by atoms with Gasteiger partial charge >= 0.3 is 57.3 Å². The van der Waals surface area contributed by atoms with Crippen LogP contribution in [0.4, 0.5) is 0 Å². The van der Waals surface area contributed by atoms with Crippen molar-refractivity contribution in [2.45, 2.75) is 23.4 Å². The van der Waals surface area contributed by atoms with E-state index in [2.05, 4.69) is 25.5 Å². The first-order valence-electron chi connectivity index (χ1n) is 5.88. The number of rotatable bonds is 2. The summed E-state index contributed by atoms with van der Waals surface area (Å²) in [5, 5.41) is 0. The van der Waals surface area contributed by atoms with E-state index in [4.69, 9.17) is 5.84 Å². The number of nitrogens with one attached hydrogen (secondary N) is 1. The molecule has 0 spiro atoms. The minimum absolute atomic E-state index is 0. The van der Waals surface area contributed by atoms with Crippen molar-refractivity contribution in [3.05, 3.63) is 35.4 Å². The van der Waals surface area contributed by atoms with Crippen molar-refractivity contribution in [3.63, 3.8) is 0 Å². The molecule has 1 aromatic rings. The summed E-state index contributed by atoms with van der Waals surface area (Å²) in [4.78, 5) is 22.0. The number of hydrogen-bond acceptors (Lipinski definition) is 4. The number of nitrogens with two attached hydrogens (primary N) is 1. The number of benzene rings is 1. The Kier molecular flexibility index (Phi) is 10.6. The van der Waals surface area contributed by atoms with Gasteiger partial charge in [-0.05, 0) is 24.3 Å². The van der Waals surface area contributed by atoms with Gasteiger partial charge in [0.15, 0.2) is 0 Å². The van der Waals surface area contributed by atoms with Gasteiger partial charge in [-0.25, -0.2) is 10.6 Å². The maximum Gasteiger partial charge on any atom is -0.412 e. The third kappa shape index (κ3) is 9.94. The first kappa shape index (κ1) is 21.4. The number of methoxy groups -OCH3 is 1. The van der Waals surface area contributed by atoms with Gasteiger partial charge in [0.1, 0.15) is 0 Å². The number of esters is 1. The molecule has 1 rings (SSSR count). The molecule has 20 heavy (non-hydrogen) atoms. The Morgan fingerprint density at radius 1 is 1.15 bits per heavy atom. The van der Waals surface area contributed by atoms with Gasteiger partial charge in [0.25, 0.3) is 5.91 Å². The Hall–Kier alpha value is -0.920. The maximum atomic E-state index is 11.0. The van der Waals surface area contributed by atoms with Crippen molar-refractivity contribution in [1.82, 2.24) is 5.43 Å². The van der Waals surface area contributed by atoms with Gasteiger partial charge in [0.2, 0.25) is 0 Å². The molecule has 0 saturated carbocycles. The minimum atomic E-state index is -0.440. The van der Waals surface area contributed by atoms with Gasteiger partial charge in [0, 0.05) is 5.56 Å². The molecule has 0 aliphatic carbocycles. The predicted octanol–water partition coefficient (Wildman–Crippen LogP) is 0.625. The molecule has 0 aliphatic rings. The van der Waals surface area contributed by atoms with Crippen LogP contribution in [0.5, 0.6) is 0 Å². The molecule has 0 saturated heterocycles. The van der Waals surface area contributed by atoms with E-state index in [1.165, 1.54) is 59.3 Å². The summed E-state index contributed by atoms with van der Waals surface area (Å²) in [7, 11) is 1.29. The van der Waals surface area contributed by atoms with E-state index < -0.39 is 11.9 Å². The Morgan fingerprint density at radius 2 is 1.50 bits per heavy atom. The molecule has 108 valence electrons. The Morgan fingerprint density at radius 3 is 1.80 bits per heavy atom. The van der Waals surface area contributed by atoms with Gasteiger partial charge in [-0.1, -0.05) is 0 Å². The summed E-state index contributed by atoms with van der Waals surface area (Å²) in [5.41, 5.74) is 2.77. The SMILES string of the molecule is COC(=O)c1ccc(C(=O)NN)cc1.C[C](C)(C)[Na].O. The van der Waals surface area contributed by atoms with Crippen molar-refractivity contribution >= 4 is 39.8 Å². The average Bonchev–Trinajstić information content (AvgIpc) is 2.35. The second-order valence-corrected chi connectivity index (χ2v) is 8.54. The topological polar surface area (TPSA) is 113 Å². The zero-order chi connectivity index (χ0) is 15.1. The Labute approximate surface area is 136 Å². The zero-order valence-electron chi connectivity index (χ0n) is 12.6.